The molecule has 1 saturated heterocycles. The number of benzene rings is 4. The molecule has 418 valence electrons. The van der Waals surface area contributed by atoms with Crippen LogP contribution >= 0.6 is 0 Å². The van der Waals surface area contributed by atoms with Crippen LogP contribution in [0.5, 0.6) is 5.75 Å². The quantitative estimate of drug-likeness (QED) is 0.0538. The van der Waals surface area contributed by atoms with Gasteiger partial charge in [0.2, 0.25) is 29.5 Å². The van der Waals surface area contributed by atoms with Crippen LogP contribution in [0.2, 0.25) is 0 Å². The normalized spacial score (nSPS) is 16.3. The second-order valence-corrected chi connectivity index (χ2v) is 20.7. The van der Waals surface area contributed by atoms with E-state index in [9.17, 15) is 38.4 Å². The first-order chi connectivity index (χ1) is 37.1. The molecule has 0 spiro atoms. The highest BCUT2D eigenvalue weighted by Gasteiger charge is 2.39. The van der Waals surface area contributed by atoms with E-state index in [2.05, 4.69) is 36.8 Å². The van der Waals surface area contributed by atoms with Crippen LogP contribution in [0.3, 0.4) is 0 Å². The summed E-state index contributed by atoms with van der Waals surface area (Å²) in [6.45, 7) is 16.7. The lowest BCUT2D eigenvalue weighted by Crippen LogP contribution is -2.54. The summed E-state index contributed by atoms with van der Waals surface area (Å²) in [5, 5.41) is 16.1. The fraction of sp³-hybridized carbons (Fsp3) is 0.439. The van der Waals surface area contributed by atoms with Crippen molar-refractivity contribution in [3.05, 3.63) is 108 Å². The van der Waals surface area contributed by atoms with Crippen molar-refractivity contribution in [2.75, 3.05) is 72.1 Å². The minimum atomic E-state index is -0.964. The van der Waals surface area contributed by atoms with E-state index < -0.39 is 59.7 Å². The summed E-state index contributed by atoms with van der Waals surface area (Å²) in [6, 6.07) is 24.2. The van der Waals surface area contributed by atoms with Crippen molar-refractivity contribution < 1.29 is 52.6 Å². The average molecular weight is 1080 g/mol. The molecule has 1 fully saturated rings. The van der Waals surface area contributed by atoms with Gasteiger partial charge in [0.25, 0.3) is 0 Å². The lowest BCUT2D eigenvalue weighted by Gasteiger charge is -2.43. The van der Waals surface area contributed by atoms with Crippen molar-refractivity contribution in [2.45, 2.75) is 111 Å². The van der Waals surface area contributed by atoms with Crippen LogP contribution in [0.15, 0.2) is 97.1 Å². The number of ether oxygens (including phenoxy) is 3. The lowest BCUT2D eigenvalue weighted by atomic mass is 9.90. The van der Waals surface area contributed by atoms with Gasteiger partial charge in [-0.25, -0.2) is 14.4 Å². The highest BCUT2D eigenvalue weighted by atomic mass is 16.6. The van der Waals surface area contributed by atoms with E-state index in [1.807, 2.05) is 38.2 Å². The highest BCUT2D eigenvalue weighted by molar-refractivity contribution is 6.00. The first kappa shape index (κ1) is 59.1. The van der Waals surface area contributed by atoms with Gasteiger partial charge in [0.1, 0.15) is 36.6 Å². The van der Waals surface area contributed by atoms with E-state index in [0.29, 0.717) is 85.3 Å². The van der Waals surface area contributed by atoms with Crippen LogP contribution in [-0.2, 0) is 40.1 Å². The zero-order valence-electron chi connectivity index (χ0n) is 46.0. The number of fused-ring (bicyclic) bond motifs is 1. The van der Waals surface area contributed by atoms with Crippen LogP contribution < -0.4 is 46.4 Å². The molecule has 2 aliphatic heterocycles. The van der Waals surface area contributed by atoms with Gasteiger partial charge in [0.05, 0.1) is 12.6 Å². The minimum Gasteiger partial charge on any atom is -0.492 e. The third-order valence-corrected chi connectivity index (χ3v) is 13.0. The van der Waals surface area contributed by atoms with Gasteiger partial charge in [-0.05, 0) is 125 Å². The summed E-state index contributed by atoms with van der Waals surface area (Å²) in [5.74, 6) is -1.13. The molecule has 0 aromatic heterocycles. The maximum Gasteiger partial charge on any atom is 0.415 e. The fourth-order valence-electron chi connectivity index (χ4n) is 8.85. The number of nitrogens with zero attached hydrogens (tertiary/aromatic N) is 4. The van der Waals surface area contributed by atoms with E-state index in [-0.39, 0.29) is 36.9 Å². The van der Waals surface area contributed by atoms with Crippen molar-refractivity contribution in [1.82, 2.24) is 25.8 Å². The predicted molar refractivity (Wildman–Crippen MR) is 297 cm³/mol. The number of alkyl carbamates (subject to hydrolysis) is 1. The van der Waals surface area contributed by atoms with Crippen LogP contribution in [0.1, 0.15) is 91.8 Å². The van der Waals surface area contributed by atoms with Crippen LogP contribution in [0.25, 0.3) is 0 Å². The first-order valence-electron chi connectivity index (χ1n) is 26.3. The number of carbonyl (C=O) groups excluding carboxylic acids is 8. The Morgan fingerprint density at radius 1 is 0.769 bits per heavy atom. The highest BCUT2D eigenvalue weighted by Crippen LogP contribution is 2.43. The number of rotatable bonds is 19. The Hall–Kier alpha value is -8.20. The first-order valence-corrected chi connectivity index (χ1v) is 26.3. The molecule has 0 aliphatic carbocycles. The van der Waals surface area contributed by atoms with Crippen molar-refractivity contribution in [1.29, 1.82) is 0 Å². The average Bonchev–Trinajstić information content (AvgIpc) is 3.71. The van der Waals surface area contributed by atoms with Gasteiger partial charge in [0.15, 0.2) is 0 Å². The SMILES string of the molecule is CCC(=O)N1c2ccccc2[C@H](N(C(=O)OCc2ccc(NC(=O)[C@H](C)NC(=O)[C@@H](NC(=O)OC(C)(C)C)C(C)C)cc2)c2ccc(NC(=O)CNC(=O)Nc3ccc(OCCN4CCC(=O)N(C)CC4)cc3)cc2)C[C@@H]1C. The minimum absolute atomic E-state index is 0.0508. The Morgan fingerprint density at radius 2 is 1.41 bits per heavy atom. The van der Waals surface area contributed by atoms with E-state index in [1.54, 1.807) is 124 Å². The van der Waals surface area contributed by atoms with Crippen molar-refractivity contribution in [3.63, 3.8) is 0 Å². The van der Waals surface area contributed by atoms with Crippen LogP contribution in [-0.4, -0.2) is 128 Å². The largest absolute Gasteiger partial charge is 0.492 e. The summed E-state index contributed by atoms with van der Waals surface area (Å²) in [5.41, 5.74) is 3.06. The standard InChI is InChI=1S/C57H74N10O11/c1-10-49(69)66-37(4)33-47(45-13-11-12-14-46(45)66)67(56(75)77-35-39-15-17-41(18-16-39)61-52(71)38(5)59-53(72)51(36(2)3)63-55(74)78-57(6,7)8)43-23-19-40(20-24-43)60-48(68)34-58-54(73)62-42-21-25-44(26-22-42)76-32-31-65-28-27-50(70)64(9)29-30-65/h11-26,36-38,47,51H,10,27-35H2,1-9H3,(H,59,72)(H,60,68)(H,61,71)(H,63,74)(H2,58,62,73)/t37-,38-,47+,51-/m0/s1. The molecule has 2 heterocycles. The molecule has 78 heavy (non-hydrogen) atoms. The molecule has 4 atom stereocenters. The number of hydrogen-bond acceptors (Lipinski definition) is 12. The zero-order valence-corrected chi connectivity index (χ0v) is 46.0. The maximum atomic E-state index is 14.4. The van der Waals surface area contributed by atoms with Crippen molar-refractivity contribution >= 4 is 76.2 Å². The molecular weight excluding hydrogens is 1000 g/mol. The predicted octanol–water partition coefficient (Wildman–Crippen LogP) is 7.40. The molecule has 21 heteroatoms. The number of carbonyl (C=O) groups is 8. The molecule has 9 amide bonds. The summed E-state index contributed by atoms with van der Waals surface area (Å²) >= 11 is 0. The molecule has 4 aromatic carbocycles. The monoisotopic (exact) mass is 1070 g/mol. The van der Waals surface area contributed by atoms with Gasteiger partial charge in [-0.1, -0.05) is 51.1 Å². The number of anilines is 5. The van der Waals surface area contributed by atoms with Gasteiger partial charge >= 0.3 is 18.2 Å². The molecule has 0 radical (unpaired) electrons. The number of likely N-dealkylation sites (N-methyl/N-ethyl adjacent to an activating group) is 1. The second-order valence-electron chi connectivity index (χ2n) is 20.7. The summed E-state index contributed by atoms with van der Waals surface area (Å²) in [4.78, 5) is 111. The molecule has 0 unspecified atom stereocenters. The number of nitrogens with one attached hydrogen (secondary N) is 6. The second kappa shape index (κ2) is 27.2. The van der Waals surface area contributed by atoms with Gasteiger partial charge < -0.3 is 55.9 Å². The van der Waals surface area contributed by atoms with Crippen LogP contribution in [0.4, 0.5) is 42.8 Å². The third-order valence-electron chi connectivity index (χ3n) is 13.0. The molecule has 0 saturated carbocycles. The van der Waals surface area contributed by atoms with Crippen molar-refractivity contribution in [2.24, 2.45) is 5.92 Å². The van der Waals surface area contributed by atoms with Crippen molar-refractivity contribution in [3.8, 4) is 5.75 Å². The van der Waals surface area contributed by atoms with E-state index >= 15 is 0 Å². The molecule has 4 aromatic rings. The molecule has 21 nitrogen and oxygen atoms in total. The number of amides is 9. The Labute approximate surface area is 456 Å². The van der Waals surface area contributed by atoms with Gasteiger partial charge in [0, 0.05) is 80.5 Å². The summed E-state index contributed by atoms with van der Waals surface area (Å²) < 4.78 is 17.2. The van der Waals surface area contributed by atoms with Crippen LogP contribution in [0, 0.1) is 5.92 Å². The Morgan fingerprint density at radius 3 is 2.08 bits per heavy atom. The third kappa shape index (κ3) is 16.9. The molecular formula is C57H74N10O11. The number of hydrogen-bond donors (Lipinski definition) is 6. The Bertz CT molecular complexity index is 2750. The van der Waals surface area contributed by atoms with Gasteiger partial charge in [-0.15, -0.1) is 0 Å². The Kier molecular flexibility index (Phi) is 20.6. The topological polar surface area (TPSA) is 249 Å². The zero-order chi connectivity index (χ0) is 56.7. The van der Waals surface area contributed by atoms with E-state index in [4.69, 9.17) is 14.2 Å². The summed E-state index contributed by atoms with van der Waals surface area (Å²) in [6.07, 6.45) is -0.263. The Balaban J connectivity index is 1.05. The molecule has 0 bridgehead atoms. The van der Waals surface area contributed by atoms with Gasteiger partial charge in [-0.2, -0.15) is 0 Å². The number of para-hydroxylation sites is 1. The molecule has 6 rings (SSSR count). The summed E-state index contributed by atoms with van der Waals surface area (Å²) in [7, 11) is 1.81. The van der Waals surface area contributed by atoms with E-state index in [0.717, 1.165) is 12.1 Å². The van der Waals surface area contributed by atoms with Gasteiger partial charge in [-0.3, -0.25) is 33.8 Å². The fourth-order valence-corrected chi connectivity index (χ4v) is 8.85. The van der Waals surface area contributed by atoms with E-state index in [1.165, 1.54) is 11.8 Å². The maximum absolute atomic E-state index is 14.4. The molecule has 2 aliphatic rings. The molecule has 6 N–H and O–H groups in total. The smallest absolute Gasteiger partial charge is 0.415 e. The number of urea groups is 1. The lowest BCUT2D eigenvalue weighted by molar-refractivity contribution is -0.129.